The summed E-state index contributed by atoms with van der Waals surface area (Å²) in [6.45, 7) is 1.69. The van der Waals surface area contributed by atoms with Crippen molar-refractivity contribution < 1.29 is 15.0 Å². The molecule has 0 aliphatic carbocycles. The van der Waals surface area contributed by atoms with Crippen molar-refractivity contribution in [3.8, 4) is 0 Å². The van der Waals surface area contributed by atoms with Crippen LogP contribution in [-0.2, 0) is 6.42 Å². The Balaban J connectivity index is 2.22. The number of aliphatic hydroxyl groups is 1. The van der Waals surface area contributed by atoms with E-state index in [9.17, 15) is 9.90 Å². The summed E-state index contributed by atoms with van der Waals surface area (Å²) >= 11 is 6.01. The van der Waals surface area contributed by atoms with Gasteiger partial charge < -0.3 is 15.5 Å². The molecule has 3 atom stereocenters. The van der Waals surface area contributed by atoms with Gasteiger partial charge in [0.05, 0.1) is 6.10 Å². The molecule has 0 radical (unpaired) electrons. The predicted octanol–water partition coefficient (Wildman–Crippen LogP) is 3.64. The van der Waals surface area contributed by atoms with Gasteiger partial charge in [-0.05, 0) is 42.0 Å². The highest BCUT2D eigenvalue weighted by molar-refractivity contribution is 6.18. The van der Waals surface area contributed by atoms with Gasteiger partial charge in [-0.2, -0.15) is 0 Å². The van der Waals surface area contributed by atoms with Crippen LogP contribution in [-0.4, -0.2) is 34.3 Å². The highest BCUT2D eigenvalue weighted by atomic mass is 35.5. The average Bonchev–Trinajstić information content (AvgIpc) is 2.51. The van der Waals surface area contributed by atoms with E-state index < -0.39 is 12.2 Å². The summed E-state index contributed by atoms with van der Waals surface area (Å²) in [4.78, 5) is 11.1. The van der Waals surface area contributed by atoms with Crippen molar-refractivity contribution >= 4 is 28.5 Å². The van der Waals surface area contributed by atoms with E-state index in [2.05, 4.69) is 11.4 Å². The lowest BCUT2D eigenvalue weighted by Gasteiger charge is -2.26. The number of alkyl halides is 1. The zero-order valence-corrected chi connectivity index (χ0v) is 13.8. The van der Waals surface area contributed by atoms with Crippen LogP contribution >= 0.6 is 11.6 Å². The first-order chi connectivity index (χ1) is 11.0. The minimum Gasteiger partial charge on any atom is -0.465 e. The summed E-state index contributed by atoms with van der Waals surface area (Å²) in [7, 11) is 0. The normalized spacial score (nSPS) is 15.1. The summed E-state index contributed by atoms with van der Waals surface area (Å²) < 4.78 is 0. The van der Waals surface area contributed by atoms with Crippen molar-refractivity contribution in [3.05, 3.63) is 48.0 Å². The molecule has 0 spiro atoms. The van der Waals surface area contributed by atoms with Gasteiger partial charge in [-0.25, -0.2) is 4.79 Å². The Morgan fingerprint density at radius 3 is 2.52 bits per heavy atom. The lowest BCUT2D eigenvalue weighted by Crippen LogP contribution is -2.43. The number of halogens is 1. The summed E-state index contributed by atoms with van der Waals surface area (Å²) in [5.41, 5.74) is 1.04. The predicted molar refractivity (Wildman–Crippen MR) is 93.1 cm³/mol. The molecule has 0 saturated heterocycles. The molecule has 0 fully saturated rings. The Bertz CT molecular complexity index is 660. The topological polar surface area (TPSA) is 69.6 Å². The highest BCUT2D eigenvalue weighted by Gasteiger charge is 2.24. The van der Waals surface area contributed by atoms with Gasteiger partial charge in [0.1, 0.15) is 0 Å². The van der Waals surface area contributed by atoms with Gasteiger partial charge in [-0.3, -0.25) is 0 Å². The van der Waals surface area contributed by atoms with Crippen LogP contribution in [0.15, 0.2) is 42.5 Å². The smallest absolute Gasteiger partial charge is 0.404 e. The van der Waals surface area contributed by atoms with Gasteiger partial charge in [0.2, 0.25) is 0 Å². The number of aliphatic hydroxyl groups excluding tert-OH is 1. The Morgan fingerprint density at radius 2 is 1.91 bits per heavy atom. The Hall–Kier alpha value is -1.78. The van der Waals surface area contributed by atoms with Crippen molar-refractivity contribution in [2.24, 2.45) is 5.92 Å². The number of rotatable bonds is 7. The molecule has 124 valence electrons. The highest BCUT2D eigenvalue weighted by Crippen LogP contribution is 2.21. The second kappa shape index (κ2) is 8.18. The number of carboxylic acid groups (broad SMARTS) is 1. The monoisotopic (exact) mass is 335 g/mol. The van der Waals surface area contributed by atoms with E-state index in [4.69, 9.17) is 16.7 Å². The molecule has 1 unspecified atom stereocenters. The molecule has 5 heteroatoms. The van der Waals surface area contributed by atoms with Crippen LogP contribution in [0.5, 0.6) is 0 Å². The number of amides is 1. The fraction of sp³-hybridized carbons (Fsp3) is 0.389. The van der Waals surface area contributed by atoms with Crippen LogP contribution < -0.4 is 5.32 Å². The first-order valence-electron chi connectivity index (χ1n) is 7.70. The summed E-state index contributed by atoms with van der Waals surface area (Å²) in [6, 6.07) is 13.8. The van der Waals surface area contributed by atoms with Crippen LogP contribution in [0.3, 0.4) is 0 Å². The Kier molecular flexibility index (Phi) is 6.25. The van der Waals surface area contributed by atoms with Crippen LogP contribution in [0.4, 0.5) is 4.79 Å². The third-order valence-corrected chi connectivity index (χ3v) is 4.39. The van der Waals surface area contributed by atoms with E-state index in [1.54, 1.807) is 6.92 Å². The molecule has 1 amide bonds. The number of nitrogens with one attached hydrogen (secondary N) is 1. The van der Waals surface area contributed by atoms with Crippen molar-refractivity contribution in [2.45, 2.75) is 31.9 Å². The zero-order chi connectivity index (χ0) is 16.8. The number of benzene rings is 2. The van der Waals surface area contributed by atoms with Gasteiger partial charge >= 0.3 is 6.09 Å². The van der Waals surface area contributed by atoms with E-state index in [1.165, 1.54) is 0 Å². The maximum absolute atomic E-state index is 11.1. The Morgan fingerprint density at radius 1 is 1.22 bits per heavy atom. The fourth-order valence-electron chi connectivity index (χ4n) is 2.89. The van der Waals surface area contributed by atoms with Gasteiger partial charge in [0.25, 0.3) is 0 Å². The molecular formula is C18H22ClNO3. The molecule has 0 saturated carbocycles. The quantitative estimate of drug-likeness (QED) is 0.676. The van der Waals surface area contributed by atoms with Gasteiger partial charge in [0, 0.05) is 11.9 Å². The largest absolute Gasteiger partial charge is 0.465 e. The summed E-state index contributed by atoms with van der Waals surface area (Å²) in [5.74, 6) is 0.169. The fourth-order valence-corrected chi connectivity index (χ4v) is 3.23. The first kappa shape index (κ1) is 17.6. The van der Waals surface area contributed by atoms with Crippen LogP contribution in [0.1, 0.15) is 18.9 Å². The lowest BCUT2D eigenvalue weighted by atomic mass is 9.90. The van der Waals surface area contributed by atoms with E-state index in [1.807, 2.05) is 36.4 Å². The minimum atomic E-state index is -1.07. The maximum Gasteiger partial charge on any atom is 0.404 e. The van der Waals surface area contributed by atoms with Gasteiger partial charge in [0.15, 0.2) is 0 Å². The van der Waals surface area contributed by atoms with Crippen molar-refractivity contribution in [1.29, 1.82) is 0 Å². The second-order valence-corrected chi connectivity index (χ2v) is 6.25. The van der Waals surface area contributed by atoms with E-state index in [-0.39, 0.29) is 12.0 Å². The standard InChI is InChI=1S/C18H22ClNO3/c1-12(21)8-16(11-19)17(20-18(22)23)10-13-6-7-14-4-2-3-5-15(14)9-13/h2-7,9,12,16-17,20-21H,8,10-11H2,1H3,(H,22,23)/t12-,16?,17-/m0/s1. The van der Waals surface area contributed by atoms with Gasteiger partial charge in [-0.15, -0.1) is 11.6 Å². The molecule has 2 aromatic rings. The minimum absolute atomic E-state index is 0.126. The van der Waals surface area contributed by atoms with Gasteiger partial charge in [-0.1, -0.05) is 42.5 Å². The van der Waals surface area contributed by atoms with Crippen LogP contribution in [0.25, 0.3) is 10.8 Å². The molecule has 3 N–H and O–H groups in total. The van der Waals surface area contributed by atoms with Crippen molar-refractivity contribution in [3.63, 3.8) is 0 Å². The molecule has 0 aliphatic heterocycles. The second-order valence-electron chi connectivity index (χ2n) is 5.94. The van der Waals surface area contributed by atoms with Crippen molar-refractivity contribution in [1.82, 2.24) is 5.32 Å². The average molecular weight is 336 g/mol. The van der Waals surface area contributed by atoms with Crippen LogP contribution in [0, 0.1) is 5.92 Å². The number of hydrogen-bond acceptors (Lipinski definition) is 2. The van der Waals surface area contributed by atoms with E-state index >= 15 is 0 Å². The molecule has 2 rings (SSSR count). The van der Waals surface area contributed by atoms with Crippen LogP contribution in [0.2, 0.25) is 0 Å². The molecule has 0 heterocycles. The molecule has 4 nitrogen and oxygen atoms in total. The summed E-state index contributed by atoms with van der Waals surface area (Å²) in [5, 5.41) is 23.5. The SMILES string of the molecule is C[C@H](O)CC(CCl)[C@H](Cc1ccc2ccccc2c1)NC(=O)O. The molecule has 23 heavy (non-hydrogen) atoms. The zero-order valence-electron chi connectivity index (χ0n) is 13.1. The lowest BCUT2D eigenvalue weighted by molar-refractivity contribution is 0.146. The first-order valence-corrected chi connectivity index (χ1v) is 8.24. The third-order valence-electron chi connectivity index (χ3n) is 3.99. The number of fused-ring (bicyclic) bond motifs is 1. The molecule has 2 aromatic carbocycles. The van der Waals surface area contributed by atoms with E-state index in [0.29, 0.717) is 18.7 Å². The number of carbonyl (C=O) groups is 1. The Labute approximate surface area is 141 Å². The van der Waals surface area contributed by atoms with E-state index in [0.717, 1.165) is 16.3 Å². The summed E-state index contributed by atoms with van der Waals surface area (Å²) in [6.07, 6.45) is -0.589. The molecule has 0 aliphatic rings. The van der Waals surface area contributed by atoms with Crippen molar-refractivity contribution in [2.75, 3.05) is 5.88 Å². The maximum atomic E-state index is 11.1. The third kappa shape index (κ3) is 5.12. The molecular weight excluding hydrogens is 314 g/mol. The number of hydrogen-bond donors (Lipinski definition) is 3. The molecule has 0 aromatic heterocycles. The molecule has 0 bridgehead atoms.